The Balaban J connectivity index is 1.92. The highest BCUT2D eigenvalue weighted by Gasteiger charge is 2.03. The van der Waals surface area contributed by atoms with E-state index < -0.39 is 0 Å². The van der Waals surface area contributed by atoms with Gasteiger partial charge in [-0.15, -0.1) is 11.3 Å². The number of aryl methyl sites for hydroxylation is 2. The van der Waals surface area contributed by atoms with E-state index in [1.165, 1.54) is 23.8 Å². The van der Waals surface area contributed by atoms with Gasteiger partial charge in [0.2, 0.25) is 5.91 Å². The van der Waals surface area contributed by atoms with Crippen LogP contribution < -0.4 is 11.1 Å². The minimum atomic E-state index is -0.0885. The van der Waals surface area contributed by atoms with Gasteiger partial charge in [0, 0.05) is 18.0 Å². The molecular formula is C13H15N3OS. The Kier molecular flexibility index (Phi) is 3.94. The van der Waals surface area contributed by atoms with E-state index in [0.29, 0.717) is 5.13 Å². The number of carbonyl (C=O) groups is 1. The van der Waals surface area contributed by atoms with Gasteiger partial charge in [0.05, 0.1) is 5.69 Å². The average molecular weight is 261 g/mol. The summed E-state index contributed by atoms with van der Waals surface area (Å²) in [6, 6.07) is 7.85. The molecule has 0 radical (unpaired) electrons. The Labute approximate surface area is 110 Å². The summed E-state index contributed by atoms with van der Waals surface area (Å²) in [4.78, 5) is 15.2. The molecule has 0 spiro atoms. The average Bonchev–Trinajstić information content (AvgIpc) is 2.75. The Morgan fingerprint density at radius 1 is 1.33 bits per heavy atom. The first-order chi connectivity index (χ1) is 8.63. The molecule has 3 N–H and O–H groups in total. The fourth-order valence-corrected chi connectivity index (χ4v) is 2.38. The van der Waals surface area contributed by atoms with Gasteiger partial charge in [-0.1, -0.05) is 12.1 Å². The number of benzene rings is 1. The first-order valence-corrected chi connectivity index (χ1v) is 6.58. The molecule has 0 unspecified atom stereocenters. The van der Waals surface area contributed by atoms with Crippen LogP contribution in [0.4, 0.5) is 10.8 Å². The van der Waals surface area contributed by atoms with Gasteiger partial charge in [0.15, 0.2) is 5.13 Å². The predicted octanol–water partition coefficient (Wildman–Crippen LogP) is 2.47. The van der Waals surface area contributed by atoms with Crippen molar-refractivity contribution >= 4 is 28.1 Å². The van der Waals surface area contributed by atoms with Crippen molar-refractivity contribution in [2.24, 2.45) is 0 Å². The van der Waals surface area contributed by atoms with Crippen LogP contribution >= 0.6 is 11.3 Å². The molecule has 1 heterocycles. The number of nitrogens with one attached hydrogen (secondary N) is 1. The summed E-state index contributed by atoms with van der Waals surface area (Å²) < 4.78 is 0. The van der Waals surface area contributed by atoms with Crippen LogP contribution in [0.1, 0.15) is 18.2 Å². The summed E-state index contributed by atoms with van der Waals surface area (Å²) in [5.74, 6) is -0.0885. The number of thiazole rings is 1. The molecular weight excluding hydrogens is 246 g/mol. The lowest BCUT2D eigenvalue weighted by atomic mass is 10.1. The largest absolute Gasteiger partial charge is 0.399 e. The maximum absolute atomic E-state index is 10.9. The van der Waals surface area contributed by atoms with Crippen LogP contribution in [-0.2, 0) is 17.6 Å². The van der Waals surface area contributed by atoms with Crippen LogP contribution in [0, 0.1) is 0 Å². The van der Waals surface area contributed by atoms with Gasteiger partial charge in [-0.3, -0.25) is 4.79 Å². The molecule has 5 heteroatoms. The zero-order valence-electron chi connectivity index (χ0n) is 10.1. The van der Waals surface area contributed by atoms with Crippen LogP contribution in [0.2, 0.25) is 0 Å². The molecule has 4 nitrogen and oxygen atoms in total. The van der Waals surface area contributed by atoms with Crippen molar-refractivity contribution in [1.29, 1.82) is 0 Å². The molecule has 0 atom stereocenters. The van der Waals surface area contributed by atoms with E-state index in [4.69, 9.17) is 5.73 Å². The number of aromatic nitrogens is 1. The highest BCUT2D eigenvalue weighted by molar-refractivity contribution is 7.13. The van der Waals surface area contributed by atoms with Gasteiger partial charge in [0.25, 0.3) is 0 Å². The first-order valence-electron chi connectivity index (χ1n) is 5.70. The smallest absolute Gasteiger partial charge is 0.223 e. The van der Waals surface area contributed by atoms with Gasteiger partial charge in [-0.05, 0) is 30.5 Å². The Morgan fingerprint density at radius 2 is 2.06 bits per heavy atom. The second-order valence-corrected chi connectivity index (χ2v) is 4.92. The third-order valence-electron chi connectivity index (χ3n) is 2.48. The number of nitrogens with zero attached hydrogens (tertiary/aromatic N) is 1. The Bertz CT molecular complexity index is 533. The van der Waals surface area contributed by atoms with E-state index >= 15 is 0 Å². The minimum absolute atomic E-state index is 0.0885. The highest BCUT2D eigenvalue weighted by atomic mass is 32.1. The molecule has 0 aliphatic rings. The van der Waals surface area contributed by atoms with Crippen LogP contribution in [0.25, 0.3) is 0 Å². The molecule has 0 bridgehead atoms. The number of anilines is 2. The maximum atomic E-state index is 10.9. The third-order valence-corrected chi connectivity index (χ3v) is 3.29. The fraction of sp³-hybridized carbons (Fsp3) is 0.231. The summed E-state index contributed by atoms with van der Waals surface area (Å²) in [6.45, 7) is 1.48. The Hall–Kier alpha value is -1.88. The maximum Gasteiger partial charge on any atom is 0.223 e. The van der Waals surface area contributed by atoms with Gasteiger partial charge < -0.3 is 11.1 Å². The van der Waals surface area contributed by atoms with E-state index in [1.54, 1.807) is 0 Å². The van der Waals surface area contributed by atoms with E-state index in [9.17, 15) is 4.79 Å². The summed E-state index contributed by atoms with van der Waals surface area (Å²) in [5.41, 5.74) is 8.65. The van der Waals surface area contributed by atoms with Crippen LogP contribution in [0.5, 0.6) is 0 Å². The molecule has 0 fully saturated rings. The van der Waals surface area contributed by atoms with E-state index in [1.807, 2.05) is 29.6 Å². The van der Waals surface area contributed by atoms with Crippen molar-refractivity contribution in [1.82, 2.24) is 4.98 Å². The summed E-state index contributed by atoms with van der Waals surface area (Å²) in [7, 11) is 0. The molecule has 2 aromatic rings. The van der Waals surface area contributed by atoms with Gasteiger partial charge >= 0.3 is 0 Å². The highest BCUT2D eigenvalue weighted by Crippen LogP contribution is 2.17. The topological polar surface area (TPSA) is 68.0 Å². The van der Waals surface area contributed by atoms with E-state index in [0.717, 1.165) is 24.2 Å². The van der Waals surface area contributed by atoms with Crippen molar-refractivity contribution in [2.45, 2.75) is 19.8 Å². The van der Waals surface area contributed by atoms with Crippen molar-refractivity contribution in [3.8, 4) is 0 Å². The van der Waals surface area contributed by atoms with E-state index in [2.05, 4.69) is 10.3 Å². The molecule has 0 saturated heterocycles. The molecule has 2 rings (SSSR count). The third kappa shape index (κ3) is 3.56. The summed E-state index contributed by atoms with van der Waals surface area (Å²) in [5, 5.41) is 5.32. The van der Waals surface area contributed by atoms with Gasteiger partial charge in [0.1, 0.15) is 0 Å². The lowest BCUT2D eigenvalue weighted by Crippen LogP contribution is -2.05. The second-order valence-electron chi connectivity index (χ2n) is 4.07. The summed E-state index contributed by atoms with van der Waals surface area (Å²) in [6.07, 6.45) is 1.78. The molecule has 1 aromatic heterocycles. The van der Waals surface area contributed by atoms with Crippen LogP contribution in [0.3, 0.4) is 0 Å². The number of amides is 1. The number of carbonyl (C=O) groups excluding carboxylic acids is 1. The SMILES string of the molecule is CC(=O)Nc1nc(CCc2ccc(N)cc2)cs1. The molecule has 1 aromatic carbocycles. The minimum Gasteiger partial charge on any atom is -0.399 e. The molecule has 0 aliphatic carbocycles. The van der Waals surface area contributed by atoms with Crippen molar-refractivity contribution in [3.05, 3.63) is 40.9 Å². The van der Waals surface area contributed by atoms with Crippen molar-refractivity contribution in [3.63, 3.8) is 0 Å². The molecule has 1 amide bonds. The first kappa shape index (κ1) is 12.6. The number of nitrogen functional groups attached to an aromatic ring is 1. The number of nitrogens with two attached hydrogens (primary N) is 1. The van der Waals surface area contributed by atoms with Crippen LogP contribution in [0.15, 0.2) is 29.6 Å². The molecule has 0 aliphatic heterocycles. The second kappa shape index (κ2) is 5.64. The predicted molar refractivity (Wildman–Crippen MR) is 74.7 cm³/mol. The summed E-state index contributed by atoms with van der Waals surface area (Å²) >= 11 is 1.45. The van der Waals surface area contributed by atoms with Crippen LogP contribution in [-0.4, -0.2) is 10.9 Å². The van der Waals surface area contributed by atoms with Gasteiger partial charge in [-0.25, -0.2) is 4.98 Å². The van der Waals surface area contributed by atoms with Crippen molar-refractivity contribution in [2.75, 3.05) is 11.1 Å². The lowest BCUT2D eigenvalue weighted by molar-refractivity contribution is -0.114. The number of hydrogen-bond acceptors (Lipinski definition) is 4. The Morgan fingerprint density at radius 3 is 2.72 bits per heavy atom. The van der Waals surface area contributed by atoms with Crippen molar-refractivity contribution < 1.29 is 4.79 Å². The standard InChI is InChI=1S/C13H15N3OS/c1-9(17)15-13-16-12(8-18-13)7-4-10-2-5-11(14)6-3-10/h2-3,5-6,8H,4,7,14H2,1H3,(H,15,16,17). The number of hydrogen-bond donors (Lipinski definition) is 2. The zero-order valence-corrected chi connectivity index (χ0v) is 11.0. The lowest BCUT2D eigenvalue weighted by Gasteiger charge is -2.00. The zero-order chi connectivity index (χ0) is 13.0. The van der Waals surface area contributed by atoms with E-state index in [-0.39, 0.29) is 5.91 Å². The molecule has 0 saturated carbocycles. The molecule has 18 heavy (non-hydrogen) atoms. The normalized spacial score (nSPS) is 10.3. The molecule has 94 valence electrons. The fourth-order valence-electron chi connectivity index (χ4n) is 1.59. The quantitative estimate of drug-likeness (QED) is 0.831. The van der Waals surface area contributed by atoms with Gasteiger partial charge in [-0.2, -0.15) is 0 Å². The monoisotopic (exact) mass is 261 g/mol. The number of rotatable bonds is 4.